The molecule has 1 heterocycles. The lowest BCUT2D eigenvalue weighted by Gasteiger charge is -2.25. The molecule has 1 N–H and O–H groups in total. The molecule has 0 bridgehead atoms. The summed E-state index contributed by atoms with van der Waals surface area (Å²) < 4.78 is 10.2. The Kier molecular flexibility index (Phi) is 5.50. The Bertz CT molecular complexity index is 380. The Balaban J connectivity index is 1.84. The quantitative estimate of drug-likeness (QED) is 0.767. The summed E-state index contributed by atoms with van der Waals surface area (Å²) in [7, 11) is 1.73. The molecule has 0 unspecified atom stereocenters. The second kappa shape index (κ2) is 7.14. The van der Waals surface area contributed by atoms with Gasteiger partial charge in [-0.15, -0.1) is 11.8 Å². The van der Waals surface area contributed by atoms with E-state index in [2.05, 4.69) is 30.4 Å². The highest BCUT2D eigenvalue weighted by molar-refractivity contribution is 8.00. The molecule has 18 heavy (non-hydrogen) atoms. The Hall–Kier alpha value is -0.550. The fourth-order valence-electron chi connectivity index (χ4n) is 1.81. The average molecular weight is 267 g/mol. The predicted octanol–water partition coefficient (Wildman–Crippen LogP) is 2.22. The molecule has 1 fully saturated rings. The minimum absolute atomic E-state index is 0.648. The van der Waals surface area contributed by atoms with E-state index in [1.54, 1.807) is 7.11 Å². The van der Waals surface area contributed by atoms with E-state index in [9.17, 15) is 0 Å². The molecule has 0 aliphatic carbocycles. The zero-order valence-corrected chi connectivity index (χ0v) is 11.9. The average Bonchev–Trinajstić information content (AvgIpc) is 2.31. The molecule has 4 heteroatoms. The van der Waals surface area contributed by atoms with Crippen LogP contribution in [0.4, 0.5) is 0 Å². The molecule has 0 saturated carbocycles. The summed E-state index contributed by atoms with van der Waals surface area (Å²) in [5.74, 6) is 0. The van der Waals surface area contributed by atoms with Gasteiger partial charge in [-0.1, -0.05) is 6.07 Å². The molecule has 1 aliphatic heterocycles. The van der Waals surface area contributed by atoms with Gasteiger partial charge in [0.25, 0.3) is 0 Å². The van der Waals surface area contributed by atoms with E-state index in [1.165, 1.54) is 16.0 Å². The lowest BCUT2D eigenvalue weighted by atomic mass is 10.1. The standard InChI is InChI=1S/C14H21NO2S/c1-11-7-13(18-14-9-17-10-14)4-3-12(11)8-15-5-6-16-2/h3-4,7,14-15H,5-6,8-10H2,1-2H3. The van der Waals surface area contributed by atoms with Crippen LogP contribution in [0.2, 0.25) is 0 Å². The smallest absolute Gasteiger partial charge is 0.0611 e. The van der Waals surface area contributed by atoms with Gasteiger partial charge in [-0.3, -0.25) is 0 Å². The number of ether oxygens (including phenoxy) is 2. The van der Waals surface area contributed by atoms with E-state index in [0.717, 1.165) is 32.9 Å². The van der Waals surface area contributed by atoms with Crippen LogP contribution in [0.15, 0.2) is 23.1 Å². The zero-order valence-electron chi connectivity index (χ0n) is 11.1. The van der Waals surface area contributed by atoms with Crippen LogP contribution in [0.1, 0.15) is 11.1 Å². The molecular weight excluding hydrogens is 246 g/mol. The molecule has 1 aromatic carbocycles. The van der Waals surface area contributed by atoms with Crippen molar-refractivity contribution in [2.24, 2.45) is 0 Å². The van der Waals surface area contributed by atoms with Crippen molar-refractivity contribution in [2.75, 3.05) is 33.5 Å². The van der Waals surface area contributed by atoms with Gasteiger partial charge in [0, 0.05) is 25.1 Å². The van der Waals surface area contributed by atoms with Crippen molar-refractivity contribution in [1.29, 1.82) is 0 Å². The Morgan fingerprint density at radius 3 is 2.89 bits per heavy atom. The molecule has 100 valence electrons. The number of rotatable bonds is 7. The van der Waals surface area contributed by atoms with Crippen molar-refractivity contribution in [3.05, 3.63) is 29.3 Å². The highest BCUT2D eigenvalue weighted by atomic mass is 32.2. The van der Waals surface area contributed by atoms with Crippen LogP contribution in [-0.2, 0) is 16.0 Å². The second-order valence-electron chi connectivity index (χ2n) is 4.54. The van der Waals surface area contributed by atoms with E-state index < -0.39 is 0 Å². The summed E-state index contributed by atoms with van der Waals surface area (Å²) in [6, 6.07) is 6.70. The molecule has 1 aliphatic rings. The van der Waals surface area contributed by atoms with E-state index in [-0.39, 0.29) is 0 Å². The number of hydrogen-bond donors (Lipinski definition) is 1. The minimum Gasteiger partial charge on any atom is -0.383 e. The Morgan fingerprint density at radius 1 is 1.44 bits per heavy atom. The molecule has 0 aromatic heterocycles. The fourth-order valence-corrected chi connectivity index (χ4v) is 2.92. The lowest BCUT2D eigenvalue weighted by Crippen LogP contribution is -2.30. The zero-order chi connectivity index (χ0) is 12.8. The van der Waals surface area contributed by atoms with Gasteiger partial charge in [0.15, 0.2) is 0 Å². The maximum absolute atomic E-state index is 5.19. The fraction of sp³-hybridized carbons (Fsp3) is 0.571. The molecule has 0 spiro atoms. The first-order valence-electron chi connectivity index (χ1n) is 6.33. The van der Waals surface area contributed by atoms with Crippen LogP contribution in [0.3, 0.4) is 0 Å². The van der Waals surface area contributed by atoms with Crippen LogP contribution >= 0.6 is 11.8 Å². The maximum Gasteiger partial charge on any atom is 0.0611 e. The van der Waals surface area contributed by atoms with Gasteiger partial charge < -0.3 is 14.8 Å². The van der Waals surface area contributed by atoms with Crippen molar-refractivity contribution in [2.45, 2.75) is 23.6 Å². The first-order chi connectivity index (χ1) is 8.79. The molecule has 1 saturated heterocycles. The first kappa shape index (κ1) is 13.9. The van der Waals surface area contributed by atoms with Crippen molar-refractivity contribution >= 4 is 11.8 Å². The monoisotopic (exact) mass is 267 g/mol. The number of methoxy groups -OCH3 is 1. The van der Waals surface area contributed by atoms with Gasteiger partial charge in [-0.25, -0.2) is 0 Å². The number of benzene rings is 1. The van der Waals surface area contributed by atoms with E-state index in [1.807, 2.05) is 11.8 Å². The highest BCUT2D eigenvalue weighted by Crippen LogP contribution is 2.29. The molecule has 0 atom stereocenters. The van der Waals surface area contributed by atoms with Crippen LogP contribution in [0, 0.1) is 6.92 Å². The molecule has 0 amide bonds. The Labute approximate surface area is 113 Å². The first-order valence-corrected chi connectivity index (χ1v) is 7.21. The third-order valence-corrected chi connectivity index (χ3v) is 4.15. The van der Waals surface area contributed by atoms with Gasteiger partial charge in [0.2, 0.25) is 0 Å². The highest BCUT2D eigenvalue weighted by Gasteiger charge is 2.19. The van der Waals surface area contributed by atoms with Gasteiger partial charge >= 0.3 is 0 Å². The third kappa shape index (κ3) is 3.99. The molecule has 0 radical (unpaired) electrons. The van der Waals surface area contributed by atoms with Gasteiger partial charge in [0.05, 0.1) is 25.1 Å². The van der Waals surface area contributed by atoms with E-state index >= 15 is 0 Å². The van der Waals surface area contributed by atoms with Gasteiger partial charge in [-0.2, -0.15) is 0 Å². The number of aryl methyl sites for hydroxylation is 1. The van der Waals surface area contributed by atoms with Crippen molar-refractivity contribution in [3.63, 3.8) is 0 Å². The largest absolute Gasteiger partial charge is 0.383 e. The summed E-state index contributed by atoms with van der Waals surface area (Å²) in [6.07, 6.45) is 0. The molecule has 1 aromatic rings. The third-order valence-electron chi connectivity index (χ3n) is 3.02. The Morgan fingerprint density at radius 2 is 2.28 bits per heavy atom. The molecule has 3 nitrogen and oxygen atoms in total. The summed E-state index contributed by atoms with van der Waals surface area (Å²) >= 11 is 1.92. The van der Waals surface area contributed by atoms with Crippen LogP contribution in [0.25, 0.3) is 0 Å². The van der Waals surface area contributed by atoms with Crippen molar-refractivity contribution in [1.82, 2.24) is 5.32 Å². The summed E-state index contributed by atoms with van der Waals surface area (Å²) in [6.45, 7) is 6.52. The van der Waals surface area contributed by atoms with Crippen LogP contribution < -0.4 is 5.32 Å². The van der Waals surface area contributed by atoms with E-state index in [4.69, 9.17) is 9.47 Å². The summed E-state index contributed by atoms with van der Waals surface area (Å²) in [4.78, 5) is 1.35. The lowest BCUT2D eigenvalue weighted by molar-refractivity contribution is 0.0455. The van der Waals surface area contributed by atoms with Crippen LogP contribution in [-0.4, -0.2) is 38.7 Å². The number of nitrogens with one attached hydrogen (secondary N) is 1. The van der Waals surface area contributed by atoms with Gasteiger partial charge in [0.1, 0.15) is 0 Å². The number of hydrogen-bond acceptors (Lipinski definition) is 4. The minimum atomic E-state index is 0.648. The maximum atomic E-state index is 5.19. The van der Waals surface area contributed by atoms with E-state index in [0.29, 0.717) is 5.25 Å². The second-order valence-corrected chi connectivity index (χ2v) is 5.91. The van der Waals surface area contributed by atoms with Crippen molar-refractivity contribution < 1.29 is 9.47 Å². The summed E-state index contributed by atoms with van der Waals surface area (Å²) in [5, 5.41) is 4.02. The van der Waals surface area contributed by atoms with Gasteiger partial charge in [-0.05, 0) is 30.2 Å². The van der Waals surface area contributed by atoms with Crippen molar-refractivity contribution in [3.8, 4) is 0 Å². The topological polar surface area (TPSA) is 30.5 Å². The SMILES string of the molecule is COCCNCc1ccc(SC2COC2)cc1C. The normalized spacial score (nSPS) is 15.7. The molecule has 2 rings (SSSR count). The van der Waals surface area contributed by atoms with Crippen LogP contribution in [0.5, 0.6) is 0 Å². The summed E-state index contributed by atoms with van der Waals surface area (Å²) in [5.41, 5.74) is 2.71. The number of thioether (sulfide) groups is 1. The predicted molar refractivity (Wildman–Crippen MR) is 75.2 cm³/mol. The molecular formula is C14H21NO2S.